The van der Waals surface area contributed by atoms with Gasteiger partial charge in [0.1, 0.15) is 24.7 Å². The molecule has 1 aliphatic rings. The number of ether oxygens (including phenoxy) is 2. The Balaban J connectivity index is 1.64. The van der Waals surface area contributed by atoms with Crippen molar-refractivity contribution in [2.75, 3.05) is 39.4 Å². The van der Waals surface area contributed by atoms with E-state index >= 15 is 0 Å². The summed E-state index contributed by atoms with van der Waals surface area (Å²) in [6.45, 7) is 9.07. The Morgan fingerprint density at radius 2 is 1.21 bits per heavy atom. The summed E-state index contributed by atoms with van der Waals surface area (Å²) in [6, 6.07) is 11.5. The van der Waals surface area contributed by atoms with Gasteiger partial charge in [0.25, 0.3) is 0 Å². The van der Waals surface area contributed by atoms with Crippen LogP contribution in [0.1, 0.15) is 42.6 Å². The third-order valence-corrected chi connectivity index (χ3v) is 4.71. The van der Waals surface area contributed by atoms with Crippen molar-refractivity contribution in [1.29, 1.82) is 0 Å². The summed E-state index contributed by atoms with van der Waals surface area (Å²) in [5, 5.41) is 6.62. The zero-order valence-corrected chi connectivity index (χ0v) is 16.8. The van der Waals surface area contributed by atoms with E-state index in [1.54, 1.807) is 0 Å². The molecule has 0 unspecified atom stereocenters. The lowest BCUT2D eigenvalue weighted by atomic mass is 10.1. The van der Waals surface area contributed by atoms with Gasteiger partial charge in [-0.25, -0.2) is 0 Å². The van der Waals surface area contributed by atoms with Crippen molar-refractivity contribution >= 4 is 5.78 Å². The third-order valence-electron chi connectivity index (χ3n) is 4.71. The van der Waals surface area contributed by atoms with E-state index in [9.17, 15) is 4.79 Å². The molecule has 0 fully saturated rings. The average molecular weight is 383 g/mol. The van der Waals surface area contributed by atoms with E-state index in [0.717, 1.165) is 67.2 Å². The van der Waals surface area contributed by atoms with E-state index in [-0.39, 0.29) is 5.78 Å². The molecule has 0 saturated heterocycles. The molecule has 0 amide bonds. The van der Waals surface area contributed by atoms with Gasteiger partial charge in [0.15, 0.2) is 5.78 Å². The van der Waals surface area contributed by atoms with Crippen LogP contribution in [-0.4, -0.2) is 45.2 Å². The molecule has 0 radical (unpaired) electrons. The first-order valence-electron chi connectivity index (χ1n) is 10.2. The number of fused-ring (bicyclic) bond motifs is 3. The third kappa shape index (κ3) is 4.91. The zero-order valence-electron chi connectivity index (χ0n) is 16.8. The van der Waals surface area contributed by atoms with Gasteiger partial charge in [-0.2, -0.15) is 0 Å². The van der Waals surface area contributed by atoms with E-state index < -0.39 is 0 Å². The smallest absolute Gasteiger partial charge is 0.194 e. The van der Waals surface area contributed by atoms with Crippen LogP contribution >= 0.6 is 0 Å². The summed E-state index contributed by atoms with van der Waals surface area (Å²) in [6.07, 6.45) is 2.21. The normalized spacial score (nSPS) is 12.0. The molecule has 150 valence electrons. The van der Waals surface area contributed by atoms with E-state index in [0.29, 0.717) is 18.8 Å². The molecule has 0 saturated carbocycles. The quantitative estimate of drug-likeness (QED) is 0.468. The number of hydrogen-bond donors (Lipinski definition) is 2. The first-order valence-corrected chi connectivity index (χ1v) is 10.2. The van der Waals surface area contributed by atoms with Crippen LogP contribution in [-0.2, 0) is 0 Å². The summed E-state index contributed by atoms with van der Waals surface area (Å²) in [4.78, 5) is 12.8. The summed E-state index contributed by atoms with van der Waals surface area (Å²) in [5.41, 5.74) is 3.32. The highest BCUT2D eigenvalue weighted by Gasteiger charge is 2.27. The van der Waals surface area contributed by atoms with Crippen molar-refractivity contribution in [1.82, 2.24) is 10.6 Å². The molecule has 0 bridgehead atoms. The zero-order chi connectivity index (χ0) is 19.8. The van der Waals surface area contributed by atoms with Gasteiger partial charge in [-0.1, -0.05) is 13.8 Å². The standard InChI is InChI=1S/C23H30N2O3/c1-3-9-24-11-13-27-17-6-8-20-21(15-17)19-7-5-18(16-22(19)23(20)26)28-14-12-25-10-4-2/h5-8,15-16,24-25H,3-4,9-14H2,1-2H3. The van der Waals surface area contributed by atoms with E-state index in [1.807, 2.05) is 36.4 Å². The fourth-order valence-electron chi connectivity index (χ4n) is 3.30. The maximum atomic E-state index is 12.8. The Labute approximate surface area is 167 Å². The molecule has 1 aliphatic carbocycles. The second-order valence-electron chi connectivity index (χ2n) is 6.94. The molecular weight excluding hydrogens is 352 g/mol. The number of rotatable bonds is 12. The number of carbonyl (C=O) groups excluding carboxylic acids is 1. The van der Waals surface area contributed by atoms with Crippen LogP contribution in [0.5, 0.6) is 11.5 Å². The Hall–Kier alpha value is -2.37. The minimum atomic E-state index is 0.0516. The second kappa shape index (κ2) is 10.2. The van der Waals surface area contributed by atoms with Gasteiger partial charge in [0.05, 0.1) is 0 Å². The molecule has 2 aromatic carbocycles. The molecular formula is C23H30N2O3. The Morgan fingerprint density at radius 3 is 1.79 bits per heavy atom. The Kier molecular flexibility index (Phi) is 7.46. The molecule has 0 heterocycles. The van der Waals surface area contributed by atoms with Gasteiger partial charge in [-0.05, 0) is 73.5 Å². The molecule has 0 atom stereocenters. The van der Waals surface area contributed by atoms with Crippen LogP contribution in [0.25, 0.3) is 11.1 Å². The molecule has 5 heteroatoms. The van der Waals surface area contributed by atoms with Crippen molar-refractivity contribution in [2.45, 2.75) is 26.7 Å². The maximum absolute atomic E-state index is 12.8. The summed E-state index contributed by atoms with van der Waals surface area (Å²) < 4.78 is 11.6. The summed E-state index contributed by atoms with van der Waals surface area (Å²) in [5.74, 6) is 1.58. The number of carbonyl (C=O) groups is 1. The van der Waals surface area contributed by atoms with Crippen molar-refractivity contribution in [2.24, 2.45) is 0 Å². The van der Waals surface area contributed by atoms with Crippen LogP contribution in [0.3, 0.4) is 0 Å². The SMILES string of the molecule is CCCNCCOc1ccc2c(c1)C(=O)c1ccc(OCCNCCC)cc1-2. The van der Waals surface area contributed by atoms with Gasteiger partial charge >= 0.3 is 0 Å². The minimum absolute atomic E-state index is 0.0516. The number of ketones is 1. The fraction of sp³-hybridized carbons (Fsp3) is 0.435. The first kappa shape index (κ1) is 20.4. The van der Waals surface area contributed by atoms with Crippen LogP contribution in [0.15, 0.2) is 36.4 Å². The fourth-order valence-corrected chi connectivity index (χ4v) is 3.30. The molecule has 2 aromatic rings. The van der Waals surface area contributed by atoms with Gasteiger partial charge in [-0.15, -0.1) is 0 Å². The molecule has 5 nitrogen and oxygen atoms in total. The topological polar surface area (TPSA) is 59.6 Å². The monoisotopic (exact) mass is 382 g/mol. The summed E-state index contributed by atoms with van der Waals surface area (Å²) in [7, 11) is 0. The molecule has 3 rings (SSSR count). The van der Waals surface area contributed by atoms with Crippen LogP contribution < -0.4 is 20.1 Å². The second-order valence-corrected chi connectivity index (χ2v) is 6.94. The lowest BCUT2D eigenvalue weighted by Crippen LogP contribution is -2.21. The lowest BCUT2D eigenvalue weighted by molar-refractivity contribution is 0.104. The van der Waals surface area contributed by atoms with Gasteiger partial charge in [0.2, 0.25) is 0 Å². The van der Waals surface area contributed by atoms with Crippen LogP contribution in [0.4, 0.5) is 0 Å². The Morgan fingerprint density at radius 1 is 0.679 bits per heavy atom. The van der Waals surface area contributed by atoms with E-state index in [4.69, 9.17) is 9.47 Å². The van der Waals surface area contributed by atoms with Crippen molar-refractivity contribution in [3.63, 3.8) is 0 Å². The van der Waals surface area contributed by atoms with Gasteiger partial charge in [0, 0.05) is 24.2 Å². The average Bonchev–Trinajstić information content (AvgIpc) is 2.99. The van der Waals surface area contributed by atoms with E-state index in [2.05, 4.69) is 24.5 Å². The van der Waals surface area contributed by atoms with Crippen molar-refractivity contribution < 1.29 is 14.3 Å². The van der Waals surface area contributed by atoms with Crippen molar-refractivity contribution in [3.05, 3.63) is 47.5 Å². The largest absolute Gasteiger partial charge is 0.492 e. The van der Waals surface area contributed by atoms with Crippen LogP contribution in [0.2, 0.25) is 0 Å². The van der Waals surface area contributed by atoms with E-state index in [1.165, 1.54) is 0 Å². The molecule has 2 N–H and O–H groups in total. The predicted molar refractivity (Wildman–Crippen MR) is 113 cm³/mol. The first-order chi connectivity index (χ1) is 13.7. The van der Waals surface area contributed by atoms with Crippen molar-refractivity contribution in [3.8, 4) is 22.6 Å². The van der Waals surface area contributed by atoms with Gasteiger partial charge in [-0.3, -0.25) is 4.79 Å². The highest BCUT2D eigenvalue weighted by molar-refractivity contribution is 6.22. The number of hydrogen-bond acceptors (Lipinski definition) is 5. The number of benzene rings is 2. The van der Waals surface area contributed by atoms with Gasteiger partial charge < -0.3 is 20.1 Å². The lowest BCUT2D eigenvalue weighted by Gasteiger charge is -2.09. The minimum Gasteiger partial charge on any atom is -0.492 e. The Bertz CT molecular complexity index is 804. The number of nitrogens with one attached hydrogen (secondary N) is 2. The molecule has 28 heavy (non-hydrogen) atoms. The molecule has 0 aromatic heterocycles. The van der Waals surface area contributed by atoms with Crippen LogP contribution in [0, 0.1) is 0 Å². The predicted octanol–water partition coefficient (Wildman–Crippen LogP) is 3.65. The highest BCUT2D eigenvalue weighted by Crippen LogP contribution is 2.40. The molecule has 0 aliphatic heterocycles. The summed E-state index contributed by atoms with van der Waals surface area (Å²) >= 11 is 0. The molecule has 0 spiro atoms. The highest BCUT2D eigenvalue weighted by atomic mass is 16.5. The maximum Gasteiger partial charge on any atom is 0.194 e.